The summed E-state index contributed by atoms with van der Waals surface area (Å²) < 4.78 is 17.1. The van der Waals surface area contributed by atoms with Crippen LogP contribution in [0.1, 0.15) is 28.9 Å². The van der Waals surface area contributed by atoms with E-state index in [4.69, 9.17) is 20.1 Å². The zero-order chi connectivity index (χ0) is 20.9. The zero-order valence-corrected chi connectivity index (χ0v) is 16.3. The second-order valence-corrected chi connectivity index (χ2v) is 7.08. The number of aromatic nitrogens is 5. The number of fused-ring (bicyclic) bond motifs is 3. The first kappa shape index (κ1) is 18.4. The van der Waals surface area contributed by atoms with Crippen LogP contribution in [0.2, 0.25) is 0 Å². The molecular formula is C20H18N6O4. The van der Waals surface area contributed by atoms with Gasteiger partial charge in [-0.3, -0.25) is 5.32 Å². The number of para-hydroxylation sites is 1. The summed E-state index contributed by atoms with van der Waals surface area (Å²) in [6, 6.07) is 7.47. The van der Waals surface area contributed by atoms with E-state index in [0.717, 1.165) is 21.1 Å². The third kappa shape index (κ3) is 2.53. The molecule has 1 aliphatic heterocycles. The van der Waals surface area contributed by atoms with E-state index in [-0.39, 0.29) is 24.2 Å². The van der Waals surface area contributed by atoms with Gasteiger partial charge in [0.05, 0.1) is 11.7 Å². The van der Waals surface area contributed by atoms with E-state index >= 15 is 0 Å². The van der Waals surface area contributed by atoms with Crippen LogP contribution in [0.4, 0.5) is 0 Å². The van der Waals surface area contributed by atoms with Crippen molar-refractivity contribution in [3.63, 3.8) is 0 Å². The van der Waals surface area contributed by atoms with Crippen LogP contribution >= 0.6 is 0 Å². The van der Waals surface area contributed by atoms with E-state index < -0.39 is 17.3 Å². The molecule has 4 aromatic rings. The second-order valence-electron chi connectivity index (χ2n) is 7.08. The molecule has 0 saturated heterocycles. The summed E-state index contributed by atoms with van der Waals surface area (Å²) in [5.41, 5.74) is 1.23. The standard InChI is InChI=1S/C20H18N6O4/c1-4-11-9-13-12-7-5-6-8-14(12)21-16(13)20(23-11,18-24-26(2)19(27)29-18)17-22-15(10-28-3)30-25-17/h1,5-8,11,21,23H,9-10H2,2-3H3. The normalized spacial score (nSPS) is 20.9. The third-order valence-corrected chi connectivity index (χ3v) is 5.27. The lowest BCUT2D eigenvalue weighted by atomic mass is 9.83. The average Bonchev–Trinajstić information content (AvgIpc) is 3.46. The number of benzene rings is 1. The number of nitrogens with zero attached hydrogens (tertiary/aromatic N) is 4. The van der Waals surface area contributed by atoms with Gasteiger partial charge in [-0.15, -0.1) is 11.5 Å². The van der Waals surface area contributed by atoms with E-state index in [1.54, 1.807) is 0 Å². The summed E-state index contributed by atoms with van der Waals surface area (Å²) in [7, 11) is 3.03. The highest BCUT2D eigenvalue weighted by Crippen LogP contribution is 2.42. The van der Waals surface area contributed by atoms with Crippen molar-refractivity contribution in [2.24, 2.45) is 7.05 Å². The van der Waals surface area contributed by atoms with Crippen LogP contribution in [0.15, 0.2) is 38.0 Å². The number of methoxy groups -OCH3 is 1. The van der Waals surface area contributed by atoms with Crippen LogP contribution in [0, 0.1) is 12.3 Å². The topological polar surface area (TPSA) is 124 Å². The van der Waals surface area contributed by atoms with E-state index in [1.165, 1.54) is 14.2 Å². The minimum absolute atomic E-state index is 0.0625. The molecule has 10 heteroatoms. The predicted octanol–water partition coefficient (Wildman–Crippen LogP) is 0.823. The van der Waals surface area contributed by atoms with Gasteiger partial charge in [0.1, 0.15) is 6.61 Å². The fraction of sp³-hybridized carbons (Fsp3) is 0.300. The Hall–Kier alpha value is -3.68. The van der Waals surface area contributed by atoms with Crippen LogP contribution in [-0.4, -0.2) is 38.1 Å². The average molecular weight is 406 g/mol. The van der Waals surface area contributed by atoms with Crippen LogP contribution in [0.3, 0.4) is 0 Å². The van der Waals surface area contributed by atoms with Crippen molar-refractivity contribution in [3.05, 3.63) is 63.7 Å². The minimum Gasteiger partial charge on any atom is -0.389 e. The van der Waals surface area contributed by atoms with E-state index in [1.807, 2.05) is 24.3 Å². The van der Waals surface area contributed by atoms with Crippen molar-refractivity contribution in [2.75, 3.05) is 7.11 Å². The van der Waals surface area contributed by atoms with Gasteiger partial charge in [-0.25, -0.2) is 4.79 Å². The molecule has 1 aromatic carbocycles. The number of terminal acetylenes is 1. The molecule has 0 fully saturated rings. The Kier molecular flexibility index (Phi) is 4.09. The maximum absolute atomic E-state index is 12.2. The Morgan fingerprint density at radius 3 is 3.00 bits per heavy atom. The number of H-pyrrole nitrogens is 1. The molecule has 2 N–H and O–H groups in total. The van der Waals surface area contributed by atoms with Crippen molar-refractivity contribution in [1.82, 2.24) is 30.2 Å². The quantitative estimate of drug-likeness (QED) is 0.478. The highest BCUT2D eigenvalue weighted by atomic mass is 16.5. The Bertz CT molecular complexity index is 1340. The van der Waals surface area contributed by atoms with E-state index in [0.29, 0.717) is 12.1 Å². The largest absolute Gasteiger partial charge is 0.436 e. The molecule has 152 valence electrons. The van der Waals surface area contributed by atoms with Gasteiger partial charge in [0.15, 0.2) is 0 Å². The first-order chi connectivity index (χ1) is 14.6. The van der Waals surface area contributed by atoms with Crippen molar-refractivity contribution in [1.29, 1.82) is 0 Å². The molecule has 0 spiro atoms. The third-order valence-electron chi connectivity index (χ3n) is 5.27. The van der Waals surface area contributed by atoms with Crippen molar-refractivity contribution in [2.45, 2.75) is 24.6 Å². The van der Waals surface area contributed by atoms with Gasteiger partial charge in [0.25, 0.3) is 11.8 Å². The fourth-order valence-corrected chi connectivity index (χ4v) is 3.95. The van der Waals surface area contributed by atoms with Gasteiger partial charge in [0, 0.05) is 31.5 Å². The maximum atomic E-state index is 12.2. The molecule has 1 aliphatic rings. The molecule has 4 heterocycles. The lowest BCUT2D eigenvalue weighted by Crippen LogP contribution is -2.54. The molecule has 2 unspecified atom stereocenters. The van der Waals surface area contributed by atoms with Crippen LogP contribution in [0.5, 0.6) is 0 Å². The molecule has 0 bridgehead atoms. The molecule has 0 amide bonds. The Morgan fingerprint density at radius 2 is 2.27 bits per heavy atom. The summed E-state index contributed by atoms with van der Waals surface area (Å²) in [6.45, 7) is 0.132. The summed E-state index contributed by atoms with van der Waals surface area (Å²) >= 11 is 0. The Morgan fingerprint density at radius 1 is 1.43 bits per heavy atom. The monoisotopic (exact) mass is 406 g/mol. The number of hydrogen-bond donors (Lipinski definition) is 2. The lowest BCUT2D eigenvalue weighted by Gasteiger charge is -2.35. The summed E-state index contributed by atoms with van der Waals surface area (Å²) in [5, 5.41) is 12.8. The number of ether oxygens (including phenoxy) is 1. The predicted molar refractivity (Wildman–Crippen MR) is 104 cm³/mol. The van der Waals surface area contributed by atoms with Crippen molar-refractivity contribution < 1.29 is 13.7 Å². The van der Waals surface area contributed by atoms with Crippen LogP contribution in [0.25, 0.3) is 10.9 Å². The lowest BCUT2D eigenvalue weighted by molar-refractivity contribution is 0.151. The Labute approximate surface area is 170 Å². The number of hydrogen-bond acceptors (Lipinski definition) is 8. The smallest absolute Gasteiger partial charge is 0.389 e. The van der Waals surface area contributed by atoms with E-state index in [9.17, 15) is 4.79 Å². The van der Waals surface area contributed by atoms with Crippen molar-refractivity contribution in [3.8, 4) is 12.3 Å². The second kappa shape index (κ2) is 6.69. The van der Waals surface area contributed by atoms with Gasteiger partial charge in [-0.05, 0) is 11.6 Å². The summed E-state index contributed by atoms with van der Waals surface area (Å²) in [4.78, 5) is 20.1. The molecule has 2 atom stereocenters. The highest BCUT2D eigenvalue weighted by molar-refractivity contribution is 5.86. The highest BCUT2D eigenvalue weighted by Gasteiger charge is 2.52. The minimum atomic E-state index is -1.35. The zero-order valence-electron chi connectivity index (χ0n) is 16.3. The molecular weight excluding hydrogens is 388 g/mol. The van der Waals surface area contributed by atoms with Gasteiger partial charge in [0.2, 0.25) is 11.4 Å². The molecule has 0 aliphatic carbocycles. The molecule has 0 saturated carbocycles. The van der Waals surface area contributed by atoms with Gasteiger partial charge in [-0.2, -0.15) is 9.67 Å². The summed E-state index contributed by atoms with van der Waals surface area (Å²) in [6.07, 6.45) is 6.38. The van der Waals surface area contributed by atoms with E-state index in [2.05, 4.69) is 31.5 Å². The first-order valence-electron chi connectivity index (χ1n) is 9.27. The maximum Gasteiger partial charge on any atom is 0.436 e. The molecule has 0 radical (unpaired) electrons. The van der Waals surface area contributed by atoms with Gasteiger partial charge in [-0.1, -0.05) is 29.3 Å². The summed E-state index contributed by atoms with van der Waals surface area (Å²) in [5.74, 6) is 2.68. The number of aryl methyl sites for hydroxylation is 1. The molecule has 30 heavy (non-hydrogen) atoms. The number of rotatable bonds is 4. The molecule has 10 nitrogen and oxygen atoms in total. The fourth-order valence-electron chi connectivity index (χ4n) is 3.95. The number of aromatic amines is 1. The number of nitrogens with one attached hydrogen (secondary N) is 2. The van der Waals surface area contributed by atoms with Crippen LogP contribution in [-0.2, 0) is 30.4 Å². The van der Waals surface area contributed by atoms with Gasteiger partial charge >= 0.3 is 5.76 Å². The molecule has 5 rings (SSSR count). The Balaban J connectivity index is 1.86. The first-order valence-corrected chi connectivity index (χ1v) is 9.27. The SMILES string of the molecule is C#CC1Cc2c([nH]c3ccccc23)C(c2noc(COC)n2)(c2nn(C)c(=O)o2)N1. The van der Waals surface area contributed by atoms with Gasteiger partial charge < -0.3 is 18.7 Å². The molecule has 3 aromatic heterocycles. The van der Waals surface area contributed by atoms with Crippen LogP contribution < -0.4 is 11.1 Å². The van der Waals surface area contributed by atoms with Crippen molar-refractivity contribution >= 4 is 10.9 Å².